The molecule has 0 aliphatic heterocycles. The molecule has 4 heteroatoms. The van der Waals surface area contributed by atoms with Crippen LogP contribution in [-0.2, 0) is 0 Å². The van der Waals surface area contributed by atoms with Crippen molar-refractivity contribution in [2.24, 2.45) is 0 Å². The maximum Gasteiger partial charge on any atom is 0.138 e. The van der Waals surface area contributed by atoms with Gasteiger partial charge in [0.25, 0.3) is 0 Å². The average Bonchev–Trinajstić information content (AvgIpc) is 2.93. The van der Waals surface area contributed by atoms with Gasteiger partial charge < -0.3 is 15.0 Å². The topological polar surface area (TPSA) is 49.9 Å². The summed E-state index contributed by atoms with van der Waals surface area (Å²) in [5.74, 6) is 0.825. The first-order valence-electron chi connectivity index (χ1n) is 7.11. The molecule has 0 aliphatic rings. The van der Waals surface area contributed by atoms with E-state index in [0.29, 0.717) is 0 Å². The summed E-state index contributed by atoms with van der Waals surface area (Å²) < 4.78 is 5.25. The van der Waals surface area contributed by atoms with Crippen molar-refractivity contribution in [1.82, 2.24) is 9.97 Å². The summed E-state index contributed by atoms with van der Waals surface area (Å²) in [4.78, 5) is 7.84. The van der Waals surface area contributed by atoms with Crippen molar-refractivity contribution in [2.75, 3.05) is 12.4 Å². The number of H-pyrrole nitrogens is 1. The third-order valence-corrected chi connectivity index (χ3v) is 3.72. The van der Waals surface area contributed by atoms with Crippen LogP contribution in [-0.4, -0.2) is 17.1 Å². The van der Waals surface area contributed by atoms with Crippen LogP contribution in [0.25, 0.3) is 21.9 Å². The van der Waals surface area contributed by atoms with Crippen LogP contribution in [0.2, 0.25) is 0 Å². The largest absolute Gasteiger partial charge is 0.497 e. The number of pyridine rings is 1. The molecule has 0 radical (unpaired) electrons. The second-order valence-electron chi connectivity index (χ2n) is 5.15. The van der Waals surface area contributed by atoms with Crippen molar-refractivity contribution < 1.29 is 4.74 Å². The Labute approximate surface area is 127 Å². The van der Waals surface area contributed by atoms with Gasteiger partial charge in [0.05, 0.1) is 19.0 Å². The standard InChI is InChI=1S/C18H15N3O/c1-22-14-6-4-5-12(9-14)20-13-10-16-15-7-2-3-8-17(15)21-18(16)19-11-13/h2-11,20H,1H3,(H,19,21). The second kappa shape index (κ2) is 5.07. The maximum atomic E-state index is 5.25. The molecule has 0 fully saturated rings. The van der Waals surface area contributed by atoms with E-state index in [1.807, 2.05) is 42.6 Å². The van der Waals surface area contributed by atoms with Gasteiger partial charge in [0.1, 0.15) is 11.4 Å². The molecule has 0 spiro atoms. The molecular weight excluding hydrogens is 274 g/mol. The molecule has 2 heterocycles. The first kappa shape index (κ1) is 12.7. The number of fused-ring (bicyclic) bond motifs is 3. The fraction of sp³-hybridized carbons (Fsp3) is 0.0556. The van der Waals surface area contributed by atoms with Gasteiger partial charge in [-0.05, 0) is 24.3 Å². The molecule has 108 valence electrons. The summed E-state index contributed by atoms with van der Waals surface area (Å²) in [7, 11) is 1.67. The first-order valence-corrected chi connectivity index (χ1v) is 7.11. The van der Waals surface area contributed by atoms with Crippen LogP contribution < -0.4 is 10.1 Å². The summed E-state index contributed by atoms with van der Waals surface area (Å²) >= 11 is 0. The van der Waals surface area contributed by atoms with E-state index in [1.54, 1.807) is 7.11 Å². The molecule has 4 nitrogen and oxygen atoms in total. The number of aromatic nitrogens is 2. The molecule has 22 heavy (non-hydrogen) atoms. The van der Waals surface area contributed by atoms with Gasteiger partial charge >= 0.3 is 0 Å². The van der Waals surface area contributed by atoms with Crippen molar-refractivity contribution >= 4 is 33.3 Å². The molecule has 0 amide bonds. The number of rotatable bonds is 3. The molecule has 0 bridgehead atoms. The highest BCUT2D eigenvalue weighted by atomic mass is 16.5. The zero-order chi connectivity index (χ0) is 14.9. The number of nitrogens with one attached hydrogen (secondary N) is 2. The number of nitrogens with zero attached hydrogens (tertiary/aromatic N) is 1. The predicted molar refractivity (Wildman–Crippen MR) is 89.9 cm³/mol. The lowest BCUT2D eigenvalue weighted by Crippen LogP contribution is -1.92. The number of methoxy groups -OCH3 is 1. The molecule has 0 saturated carbocycles. The van der Waals surface area contributed by atoms with E-state index in [9.17, 15) is 0 Å². The van der Waals surface area contributed by atoms with Crippen molar-refractivity contribution in [2.45, 2.75) is 0 Å². The van der Waals surface area contributed by atoms with Gasteiger partial charge in [-0.2, -0.15) is 0 Å². The number of ether oxygens (including phenoxy) is 1. The molecule has 0 saturated heterocycles. The number of benzene rings is 2. The Kier molecular flexibility index (Phi) is 2.93. The Balaban J connectivity index is 1.77. The number of hydrogen-bond donors (Lipinski definition) is 2. The summed E-state index contributed by atoms with van der Waals surface area (Å²) in [5.41, 5.74) is 3.92. The molecule has 0 atom stereocenters. The minimum Gasteiger partial charge on any atom is -0.497 e. The van der Waals surface area contributed by atoms with Crippen LogP contribution in [0.15, 0.2) is 60.8 Å². The van der Waals surface area contributed by atoms with Crippen molar-refractivity contribution in [1.29, 1.82) is 0 Å². The minimum absolute atomic E-state index is 0.825. The molecule has 2 aromatic heterocycles. The zero-order valence-electron chi connectivity index (χ0n) is 12.1. The van der Waals surface area contributed by atoms with E-state index in [2.05, 4.69) is 33.5 Å². The third-order valence-electron chi connectivity index (χ3n) is 3.72. The number of hydrogen-bond acceptors (Lipinski definition) is 3. The molecule has 4 aromatic rings. The highest BCUT2D eigenvalue weighted by Crippen LogP contribution is 2.28. The van der Waals surface area contributed by atoms with Crippen LogP contribution in [0, 0.1) is 0 Å². The van der Waals surface area contributed by atoms with Crippen LogP contribution in [0.4, 0.5) is 11.4 Å². The zero-order valence-corrected chi connectivity index (χ0v) is 12.1. The Hall–Kier alpha value is -3.01. The Morgan fingerprint density at radius 2 is 1.86 bits per heavy atom. The third kappa shape index (κ3) is 2.15. The SMILES string of the molecule is COc1cccc(Nc2cnc3[nH]c4ccccc4c3c2)c1. The maximum absolute atomic E-state index is 5.25. The fourth-order valence-corrected chi connectivity index (χ4v) is 2.66. The summed E-state index contributed by atoms with van der Waals surface area (Å²) in [6.45, 7) is 0. The lowest BCUT2D eigenvalue weighted by molar-refractivity contribution is 0.415. The van der Waals surface area contributed by atoms with Crippen molar-refractivity contribution in [3.05, 3.63) is 60.8 Å². The van der Waals surface area contributed by atoms with Crippen LogP contribution in [0.1, 0.15) is 0 Å². The Morgan fingerprint density at radius 3 is 2.77 bits per heavy atom. The molecular formula is C18H15N3O. The molecule has 2 aromatic carbocycles. The molecule has 0 aliphatic carbocycles. The van der Waals surface area contributed by atoms with Gasteiger partial charge in [0.2, 0.25) is 0 Å². The van der Waals surface area contributed by atoms with E-state index in [4.69, 9.17) is 4.74 Å². The van der Waals surface area contributed by atoms with Gasteiger partial charge in [0.15, 0.2) is 0 Å². The van der Waals surface area contributed by atoms with Gasteiger partial charge in [0, 0.05) is 28.0 Å². The van der Waals surface area contributed by atoms with Crippen molar-refractivity contribution in [3.8, 4) is 5.75 Å². The summed E-state index contributed by atoms with van der Waals surface area (Å²) in [5, 5.41) is 5.66. The molecule has 2 N–H and O–H groups in total. The number of para-hydroxylation sites is 1. The van der Waals surface area contributed by atoms with Gasteiger partial charge in [-0.1, -0.05) is 24.3 Å². The van der Waals surface area contributed by atoms with E-state index >= 15 is 0 Å². The number of anilines is 2. The average molecular weight is 289 g/mol. The van der Waals surface area contributed by atoms with Crippen LogP contribution >= 0.6 is 0 Å². The molecule has 0 unspecified atom stereocenters. The smallest absolute Gasteiger partial charge is 0.138 e. The quantitative estimate of drug-likeness (QED) is 0.585. The van der Waals surface area contributed by atoms with E-state index in [1.165, 1.54) is 5.39 Å². The monoisotopic (exact) mass is 289 g/mol. The first-order chi connectivity index (χ1) is 10.8. The normalized spacial score (nSPS) is 11.0. The Morgan fingerprint density at radius 1 is 0.955 bits per heavy atom. The predicted octanol–water partition coefficient (Wildman–Crippen LogP) is 4.47. The van der Waals surface area contributed by atoms with Crippen LogP contribution in [0.5, 0.6) is 5.75 Å². The van der Waals surface area contributed by atoms with Gasteiger partial charge in [-0.15, -0.1) is 0 Å². The summed E-state index contributed by atoms with van der Waals surface area (Å²) in [6, 6.07) is 18.2. The van der Waals surface area contributed by atoms with E-state index in [-0.39, 0.29) is 0 Å². The lowest BCUT2D eigenvalue weighted by atomic mass is 10.2. The van der Waals surface area contributed by atoms with Gasteiger partial charge in [-0.25, -0.2) is 4.98 Å². The minimum atomic E-state index is 0.825. The highest BCUT2D eigenvalue weighted by molar-refractivity contribution is 6.06. The highest BCUT2D eigenvalue weighted by Gasteiger charge is 2.06. The van der Waals surface area contributed by atoms with Crippen LogP contribution in [0.3, 0.4) is 0 Å². The number of aromatic amines is 1. The second-order valence-corrected chi connectivity index (χ2v) is 5.15. The summed E-state index contributed by atoms with van der Waals surface area (Å²) in [6.07, 6.45) is 1.83. The van der Waals surface area contributed by atoms with E-state index in [0.717, 1.165) is 33.7 Å². The fourth-order valence-electron chi connectivity index (χ4n) is 2.66. The van der Waals surface area contributed by atoms with Gasteiger partial charge in [-0.3, -0.25) is 0 Å². The van der Waals surface area contributed by atoms with Crippen molar-refractivity contribution in [3.63, 3.8) is 0 Å². The molecule has 4 rings (SSSR count). The lowest BCUT2D eigenvalue weighted by Gasteiger charge is -2.07. The van der Waals surface area contributed by atoms with E-state index < -0.39 is 0 Å². The Bertz CT molecular complexity index is 959.